The highest BCUT2D eigenvalue weighted by atomic mass is 19.3. The number of carbonyl (C=O) groups is 1. The second-order valence-electron chi connectivity index (χ2n) is 6.63. The first-order valence-corrected chi connectivity index (χ1v) is 8.95. The van der Waals surface area contributed by atoms with Crippen LogP contribution in [-0.4, -0.2) is 25.5 Å². The van der Waals surface area contributed by atoms with Gasteiger partial charge in [0.05, 0.1) is 22.1 Å². The van der Waals surface area contributed by atoms with Crippen LogP contribution in [0.5, 0.6) is 0 Å². The number of benzene rings is 1. The zero-order chi connectivity index (χ0) is 24.4. The number of rotatable bonds is 8. The van der Waals surface area contributed by atoms with E-state index in [1.54, 1.807) is 0 Å². The van der Waals surface area contributed by atoms with Crippen LogP contribution in [0.3, 0.4) is 0 Å². The number of nitrogens with one attached hydrogen (secondary N) is 1. The molecule has 11 nitrogen and oxygen atoms in total. The largest absolute Gasteiger partial charge is 0.454 e. The lowest BCUT2D eigenvalue weighted by Gasteiger charge is -2.06. The van der Waals surface area contributed by atoms with Gasteiger partial charge in [0.2, 0.25) is 0 Å². The number of amides is 1. The molecule has 174 valence electrons. The molecular formula is C18H13F4N5O6. The Labute approximate surface area is 180 Å². The van der Waals surface area contributed by atoms with Crippen molar-refractivity contribution in [3.05, 3.63) is 79.0 Å². The molecule has 1 amide bonds. The van der Waals surface area contributed by atoms with Crippen LogP contribution in [-0.2, 0) is 6.54 Å². The van der Waals surface area contributed by atoms with Gasteiger partial charge in [0.25, 0.3) is 30.1 Å². The van der Waals surface area contributed by atoms with Crippen molar-refractivity contribution in [3.8, 4) is 0 Å². The summed E-state index contributed by atoms with van der Waals surface area (Å²) in [6, 6.07) is 4.77. The molecule has 3 rings (SSSR count). The predicted octanol–water partition coefficient (Wildman–Crippen LogP) is 4.78. The maximum atomic E-state index is 13.1. The van der Waals surface area contributed by atoms with E-state index in [0.29, 0.717) is 10.7 Å². The van der Waals surface area contributed by atoms with Crippen LogP contribution in [0.15, 0.2) is 34.7 Å². The molecule has 0 atom stereocenters. The molecule has 2 aromatic heterocycles. The minimum atomic E-state index is -3.09. The van der Waals surface area contributed by atoms with Gasteiger partial charge in [-0.1, -0.05) is 0 Å². The Kier molecular flexibility index (Phi) is 6.41. The van der Waals surface area contributed by atoms with Crippen molar-refractivity contribution in [3.63, 3.8) is 0 Å². The summed E-state index contributed by atoms with van der Waals surface area (Å²) >= 11 is 0. The lowest BCUT2D eigenvalue weighted by molar-refractivity contribution is -0.395. The molecule has 0 unspecified atom stereocenters. The summed E-state index contributed by atoms with van der Waals surface area (Å²) in [5.41, 5.74) is -3.26. The van der Waals surface area contributed by atoms with Gasteiger partial charge in [-0.15, -0.1) is 0 Å². The van der Waals surface area contributed by atoms with Crippen molar-refractivity contribution >= 4 is 23.0 Å². The molecule has 0 fully saturated rings. The van der Waals surface area contributed by atoms with Crippen molar-refractivity contribution in [2.45, 2.75) is 26.3 Å². The molecule has 15 heteroatoms. The Morgan fingerprint density at radius 3 is 2.21 bits per heavy atom. The van der Waals surface area contributed by atoms with Gasteiger partial charge in [0.1, 0.15) is 22.7 Å². The third-order valence-corrected chi connectivity index (χ3v) is 4.47. The number of furan rings is 1. The van der Waals surface area contributed by atoms with Crippen LogP contribution >= 0.6 is 0 Å². The molecule has 0 aliphatic carbocycles. The standard InChI is InChI=1S/C18H13F4N5O6/c1-8-12(26(29)30)4-9(5-13(8)27(31)32)23-18(28)15-3-2-10(33-15)7-25-14(17(21)22)6-11(24-25)16(19)20/h2-6,16-17H,7H2,1H3,(H,23,28). The lowest BCUT2D eigenvalue weighted by Crippen LogP contribution is -2.12. The van der Waals surface area contributed by atoms with Crippen molar-refractivity contribution in [1.82, 2.24) is 9.78 Å². The predicted molar refractivity (Wildman–Crippen MR) is 102 cm³/mol. The van der Waals surface area contributed by atoms with E-state index < -0.39 is 57.9 Å². The van der Waals surface area contributed by atoms with Gasteiger partial charge in [0.15, 0.2) is 5.76 Å². The van der Waals surface area contributed by atoms with E-state index >= 15 is 0 Å². The van der Waals surface area contributed by atoms with E-state index in [4.69, 9.17) is 4.42 Å². The van der Waals surface area contributed by atoms with Crippen LogP contribution in [0.1, 0.15) is 46.1 Å². The highest BCUT2D eigenvalue weighted by Crippen LogP contribution is 2.32. The maximum absolute atomic E-state index is 13.1. The van der Waals surface area contributed by atoms with Gasteiger partial charge < -0.3 is 9.73 Å². The highest BCUT2D eigenvalue weighted by Gasteiger charge is 2.25. The zero-order valence-corrected chi connectivity index (χ0v) is 16.5. The molecule has 0 saturated heterocycles. The summed E-state index contributed by atoms with van der Waals surface area (Å²) in [4.78, 5) is 33.0. The number of alkyl halides is 4. The third kappa shape index (κ3) is 4.97. The number of hydrogen-bond donors (Lipinski definition) is 1. The van der Waals surface area contributed by atoms with E-state index in [-0.39, 0.29) is 22.8 Å². The van der Waals surface area contributed by atoms with E-state index in [9.17, 15) is 42.6 Å². The van der Waals surface area contributed by atoms with Crippen LogP contribution in [0.2, 0.25) is 0 Å². The molecule has 33 heavy (non-hydrogen) atoms. The number of hydrogen-bond acceptors (Lipinski definition) is 7. The Morgan fingerprint density at radius 1 is 1.09 bits per heavy atom. The molecule has 1 aromatic carbocycles. The van der Waals surface area contributed by atoms with Crippen LogP contribution < -0.4 is 5.32 Å². The monoisotopic (exact) mass is 471 g/mol. The summed E-state index contributed by atoms with van der Waals surface area (Å²) in [5.74, 6) is -1.39. The van der Waals surface area contributed by atoms with Gasteiger partial charge in [-0.05, 0) is 25.1 Å². The fourth-order valence-electron chi connectivity index (χ4n) is 2.92. The average molecular weight is 471 g/mol. The van der Waals surface area contributed by atoms with E-state index in [1.165, 1.54) is 13.0 Å². The second-order valence-corrected chi connectivity index (χ2v) is 6.63. The van der Waals surface area contributed by atoms with Gasteiger partial charge in [-0.25, -0.2) is 17.6 Å². The number of nitro benzene ring substituents is 2. The zero-order valence-electron chi connectivity index (χ0n) is 16.5. The summed E-state index contributed by atoms with van der Waals surface area (Å²) in [6.07, 6.45) is -6.15. The van der Waals surface area contributed by atoms with Gasteiger partial charge in [0, 0.05) is 12.1 Å². The van der Waals surface area contributed by atoms with E-state index in [0.717, 1.165) is 18.2 Å². The molecule has 0 spiro atoms. The fraction of sp³-hybridized carbons (Fsp3) is 0.222. The average Bonchev–Trinajstić information content (AvgIpc) is 3.36. The number of nitrogens with zero attached hydrogens (tertiary/aromatic N) is 4. The van der Waals surface area contributed by atoms with Gasteiger partial charge >= 0.3 is 0 Å². The normalized spacial score (nSPS) is 11.2. The first kappa shape index (κ1) is 23.4. The first-order valence-electron chi connectivity index (χ1n) is 8.95. The number of anilines is 1. The Bertz CT molecular complexity index is 1200. The molecule has 1 N–H and O–H groups in total. The Balaban J connectivity index is 1.83. The molecule has 0 aliphatic heterocycles. The van der Waals surface area contributed by atoms with Gasteiger partial charge in [-0.2, -0.15) is 5.10 Å². The summed E-state index contributed by atoms with van der Waals surface area (Å²) in [7, 11) is 0. The van der Waals surface area contributed by atoms with Gasteiger partial charge in [-0.3, -0.25) is 29.7 Å². The smallest absolute Gasteiger partial charge is 0.291 e. The molecule has 3 aromatic rings. The van der Waals surface area contributed by atoms with Crippen LogP contribution in [0.4, 0.5) is 34.6 Å². The van der Waals surface area contributed by atoms with Crippen LogP contribution in [0, 0.1) is 27.2 Å². The molecule has 2 heterocycles. The molecule has 0 radical (unpaired) electrons. The summed E-state index contributed by atoms with van der Waals surface area (Å²) in [5, 5.41) is 27.9. The minimum absolute atomic E-state index is 0.0770. The highest BCUT2D eigenvalue weighted by molar-refractivity contribution is 6.02. The molecule has 0 bridgehead atoms. The Morgan fingerprint density at radius 2 is 1.70 bits per heavy atom. The number of halogens is 4. The van der Waals surface area contributed by atoms with Crippen molar-refractivity contribution in [1.29, 1.82) is 0 Å². The van der Waals surface area contributed by atoms with Crippen molar-refractivity contribution < 1.29 is 36.6 Å². The SMILES string of the molecule is Cc1c([N+](=O)[O-])cc(NC(=O)c2ccc(Cn3nc(C(F)F)cc3C(F)F)o2)cc1[N+](=O)[O-]. The topological polar surface area (TPSA) is 146 Å². The fourth-order valence-corrected chi connectivity index (χ4v) is 2.92. The summed E-state index contributed by atoms with van der Waals surface area (Å²) < 4.78 is 57.6. The van der Waals surface area contributed by atoms with Crippen molar-refractivity contribution in [2.75, 3.05) is 5.32 Å². The molecule has 0 aliphatic rings. The number of carbonyl (C=O) groups excluding carboxylic acids is 1. The van der Waals surface area contributed by atoms with E-state index in [2.05, 4.69) is 10.4 Å². The number of aromatic nitrogens is 2. The first-order chi connectivity index (χ1) is 15.5. The van der Waals surface area contributed by atoms with E-state index in [1.807, 2.05) is 0 Å². The lowest BCUT2D eigenvalue weighted by atomic mass is 10.1. The third-order valence-electron chi connectivity index (χ3n) is 4.47. The Hall–Kier alpha value is -4.30. The molecular weight excluding hydrogens is 458 g/mol. The second kappa shape index (κ2) is 9.05. The molecule has 0 saturated carbocycles. The van der Waals surface area contributed by atoms with Crippen LogP contribution in [0.25, 0.3) is 0 Å². The number of nitro groups is 2. The quantitative estimate of drug-likeness (QED) is 0.283. The minimum Gasteiger partial charge on any atom is -0.454 e. The maximum Gasteiger partial charge on any atom is 0.291 e. The van der Waals surface area contributed by atoms with Crippen molar-refractivity contribution in [2.24, 2.45) is 0 Å². The summed E-state index contributed by atoms with van der Waals surface area (Å²) in [6.45, 7) is 0.699.